The average Bonchev–Trinajstić information content (AvgIpc) is 3.07. The summed E-state index contributed by atoms with van der Waals surface area (Å²) in [4.78, 5) is 14.7. The molecule has 152 valence electrons. The number of carbonyl (C=O) groups is 1. The van der Waals surface area contributed by atoms with Gasteiger partial charge in [0.2, 0.25) is 5.91 Å². The number of nitrogens with one attached hydrogen (secondary N) is 1. The molecule has 6 rings (SSSR count). The Kier molecular flexibility index (Phi) is 4.06. The van der Waals surface area contributed by atoms with E-state index in [-0.39, 0.29) is 17.4 Å². The number of fused-ring (bicyclic) bond motifs is 1. The maximum absolute atomic E-state index is 12.1. The van der Waals surface area contributed by atoms with Crippen LogP contribution in [0.5, 0.6) is 0 Å². The fourth-order valence-electron chi connectivity index (χ4n) is 5.91. The van der Waals surface area contributed by atoms with Crippen LogP contribution in [0.3, 0.4) is 0 Å². The summed E-state index contributed by atoms with van der Waals surface area (Å²) in [5, 5.41) is 7.64. The van der Waals surface area contributed by atoms with Gasteiger partial charge in [-0.1, -0.05) is 18.2 Å². The van der Waals surface area contributed by atoms with E-state index in [2.05, 4.69) is 39.6 Å². The highest BCUT2D eigenvalue weighted by Crippen LogP contribution is 2.54. The van der Waals surface area contributed by atoms with Gasteiger partial charge in [0.05, 0.1) is 17.4 Å². The van der Waals surface area contributed by atoms with Crippen LogP contribution >= 0.6 is 0 Å². The van der Waals surface area contributed by atoms with Crippen LogP contribution in [0.25, 0.3) is 5.69 Å². The highest BCUT2D eigenvalue weighted by molar-refractivity contribution is 5.80. The lowest BCUT2D eigenvalue weighted by molar-refractivity contribution is -0.122. The quantitative estimate of drug-likeness (QED) is 0.820. The molecule has 4 fully saturated rings. The van der Waals surface area contributed by atoms with Crippen molar-refractivity contribution >= 4 is 5.91 Å². The normalized spacial score (nSPS) is 33.2. The predicted molar refractivity (Wildman–Crippen MR) is 108 cm³/mol. The first-order chi connectivity index (χ1) is 14.2. The molecule has 0 unspecified atom stereocenters. The number of hydrogen-bond acceptors (Lipinski definition) is 4. The van der Waals surface area contributed by atoms with Crippen LogP contribution in [0.4, 0.5) is 0 Å². The molecule has 3 aliphatic heterocycles. The maximum Gasteiger partial charge on any atom is 0.223 e. The zero-order valence-electron chi connectivity index (χ0n) is 16.7. The number of para-hydroxylation sites is 1. The third-order valence-corrected chi connectivity index (χ3v) is 7.45. The number of carbonyl (C=O) groups excluding carboxylic acids is 1. The molecule has 6 nitrogen and oxygen atoms in total. The summed E-state index contributed by atoms with van der Waals surface area (Å²) in [5.74, 6) is 1.52. The number of ether oxygens (including phenoxy) is 1. The molecule has 2 aromatic rings. The van der Waals surface area contributed by atoms with Gasteiger partial charge >= 0.3 is 0 Å². The number of nitrogens with zero attached hydrogens (tertiary/aromatic N) is 3. The van der Waals surface area contributed by atoms with E-state index in [0.717, 1.165) is 57.5 Å². The minimum Gasteiger partial charge on any atom is -0.370 e. The summed E-state index contributed by atoms with van der Waals surface area (Å²) in [7, 11) is 0. The Morgan fingerprint density at radius 3 is 2.97 bits per heavy atom. The van der Waals surface area contributed by atoms with E-state index < -0.39 is 0 Å². The molecule has 1 spiro atoms. The van der Waals surface area contributed by atoms with Crippen LogP contribution in [-0.4, -0.2) is 51.9 Å². The molecule has 1 aromatic carbocycles. The van der Waals surface area contributed by atoms with Crippen molar-refractivity contribution < 1.29 is 9.53 Å². The standard InChI is InChI=1S/C23H28N4O2/c28-22(16-6-7-16)24-12-18-19-14-26(15-23(19)9-8-21(18)29-23)13-17-4-1-2-5-20(17)27-11-3-10-25-27/h1-5,10-11,16,18-19,21H,6-9,12-15H2,(H,24,28)/t18-,19+,21+,23+/m0/s1. The first-order valence-electron chi connectivity index (χ1n) is 11.0. The molecule has 2 bridgehead atoms. The fraction of sp³-hybridized carbons (Fsp3) is 0.565. The molecule has 4 heterocycles. The minimum atomic E-state index is 0.000283. The number of amides is 1. The summed E-state index contributed by atoms with van der Waals surface area (Å²) >= 11 is 0. The molecule has 1 amide bonds. The highest BCUT2D eigenvalue weighted by Gasteiger charge is 2.62. The van der Waals surface area contributed by atoms with Crippen LogP contribution in [-0.2, 0) is 16.1 Å². The van der Waals surface area contributed by atoms with E-state index in [1.165, 1.54) is 5.56 Å². The second kappa shape index (κ2) is 6.67. The number of likely N-dealkylation sites (tertiary alicyclic amines) is 1. The molecule has 0 radical (unpaired) electrons. The van der Waals surface area contributed by atoms with E-state index >= 15 is 0 Å². The van der Waals surface area contributed by atoms with Gasteiger partial charge in [0.1, 0.15) is 0 Å². The zero-order valence-corrected chi connectivity index (χ0v) is 16.7. The van der Waals surface area contributed by atoms with Gasteiger partial charge < -0.3 is 10.1 Å². The van der Waals surface area contributed by atoms with Gasteiger partial charge in [-0.2, -0.15) is 5.10 Å². The first kappa shape index (κ1) is 17.7. The molecule has 1 N–H and O–H groups in total. The number of benzene rings is 1. The van der Waals surface area contributed by atoms with Crippen molar-refractivity contribution in [3.05, 3.63) is 48.3 Å². The molecule has 29 heavy (non-hydrogen) atoms. The smallest absolute Gasteiger partial charge is 0.223 e. The Balaban J connectivity index is 1.17. The van der Waals surface area contributed by atoms with E-state index in [1.807, 2.05) is 23.1 Å². The van der Waals surface area contributed by atoms with Crippen molar-refractivity contribution in [1.82, 2.24) is 20.0 Å². The molecule has 3 saturated heterocycles. The topological polar surface area (TPSA) is 59.4 Å². The van der Waals surface area contributed by atoms with Gasteiger partial charge in [0.25, 0.3) is 0 Å². The molecule has 1 aromatic heterocycles. The Morgan fingerprint density at radius 1 is 1.24 bits per heavy atom. The Hall–Kier alpha value is -2.18. The molecular weight excluding hydrogens is 364 g/mol. The molecule has 4 atom stereocenters. The average molecular weight is 393 g/mol. The highest BCUT2D eigenvalue weighted by atomic mass is 16.5. The molecule has 1 aliphatic carbocycles. The van der Waals surface area contributed by atoms with Crippen LogP contribution in [0.15, 0.2) is 42.7 Å². The minimum absolute atomic E-state index is 0.000283. The summed E-state index contributed by atoms with van der Waals surface area (Å²) in [6.45, 7) is 3.73. The summed E-state index contributed by atoms with van der Waals surface area (Å²) in [5.41, 5.74) is 2.44. The third kappa shape index (κ3) is 3.01. The maximum atomic E-state index is 12.1. The molecule has 4 aliphatic rings. The number of rotatable bonds is 6. The summed E-state index contributed by atoms with van der Waals surface area (Å²) < 4.78 is 8.51. The lowest BCUT2D eigenvalue weighted by Gasteiger charge is -2.29. The van der Waals surface area contributed by atoms with Crippen LogP contribution in [0, 0.1) is 17.8 Å². The van der Waals surface area contributed by atoms with E-state index in [1.54, 1.807) is 0 Å². The molecule has 1 saturated carbocycles. The van der Waals surface area contributed by atoms with E-state index in [0.29, 0.717) is 17.9 Å². The number of hydrogen-bond donors (Lipinski definition) is 1. The van der Waals surface area contributed by atoms with Gasteiger partial charge in [0, 0.05) is 56.3 Å². The second-order valence-corrected chi connectivity index (χ2v) is 9.30. The second-order valence-electron chi connectivity index (χ2n) is 9.30. The summed E-state index contributed by atoms with van der Waals surface area (Å²) in [6, 6.07) is 10.5. The number of aromatic nitrogens is 2. The van der Waals surface area contributed by atoms with Crippen molar-refractivity contribution in [2.45, 2.75) is 43.9 Å². The predicted octanol–water partition coefficient (Wildman–Crippen LogP) is 2.38. The molecule has 6 heteroatoms. The van der Waals surface area contributed by atoms with Crippen LogP contribution < -0.4 is 5.32 Å². The van der Waals surface area contributed by atoms with E-state index in [4.69, 9.17) is 4.74 Å². The van der Waals surface area contributed by atoms with Gasteiger partial charge in [-0.3, -0.25) is 9.69 Å². The SMILES string of the molecule is O=C(NC[C@H]1[C@H]2CN(Cc3ccccc3-n3cccn3)C[C@]23CC[C@H]1O3)C1CC1. The van der Waals surface area contributed by atoms with Gasteiger partial charge in [-0.25, -0.2) is 4.68 Å². The van der Waals surface area contributed by atoms with Crippen LogP contribution in [0.2, 0.25) is 0 Å². The van der Waals surface area contributed by atoms with E-state index in [9.17, 15) is 4.79 Å². The monoisotopic (exact) mass is 392 g/mol. The third-order valence-electron chi connectivity index (χ3n) is 7.45. The zero-order chi connectivity index (χ0) is 19.4. The lowest BCUT2D eigenvalue weighted by Crippen LogP contribution is -2.42. The van der Waals surface area contributed by atoms with Crippen LogP contribution in [0.1, 0.15) is 31.2 Å². The van der Waals surface area contributed by atoms with Crippen molar-refractivity contribution in [2.75, 3.05) is 19.6 Å². The largest absolute Gasteiger partial charge is 0.370 e. The van der Waals surface area contributed by atoms with Crippen molar-refractivity contribution in [1.29, 1.82) is 0 Å². The van der Waals surface area contributed by atoms with Crippen molar-refractivity contribution in [3.63, 3.8) is 0 Å². The van der Waals surface area contributed by atoms with Crippen molar-refractivity contribution in [2.24, 2.45) is 17.8 Å². The fourth-order valence-corrected chi connectivity index (χ4v) is 5.91. The Labute approximate surface area is 171 Å². The summed E-state index contributed by atoms with van der Waals surface area (Å²) in [6.07, 6.45) is 8.58. The first-order valence-corrected chi connectivity index (χ1v) is 11.0. The van der Waals surface area contributed by atoms with Gasteiger partial charge in [-0.15, -0.1) is 0 Å². The van der Waals surface area contributed by atoms with Crippen molar-refractivity contribution in [3.8, 4) is 5.69 Å². The Morgan fingerprint density at radius 2 is 2.14 bits per heavy atom. The van der Waals surface area contributed by atoms with Gasteiger partial charge in [0.15, 0.2) is 0 Å². The molecular formula is C23H28N4O2. The lowest BCUT2D eigenvalue weighted by atomic mass is 9.73. The van der Waals surface area contributed by atoms with Gasteiger partial charge in [-0.05, 0) is 43.4 Å². The Bertz CT molecular complexity index is 909.